The van der Waals surface area contributed by atoms with Gasteiger partial charge in [-0.2, -0.15) is 0 Å². The summed E-state index contributed by atoms with van der Waals surface area (Å²) in [7, 11) is 0. The Kier molecular flexibility index (Phi) is 12.5. The molecular formula is C45H56IrNO4-. The molecular weight excluding hydrogens is 811 g/mol. The van der Waals surface area contributed by atoms with Crippen molar-refractivity contribution in [2.75, 3.05) is 0 Å². The van der Waals surface area contributed by atoms with Gasteiger partial charge in [-0.3, -0.25) is 9.78 Å². The number of pyridine rings is 1. The van der Waals surface area contributed by atoms with Crippen molar-refractivity contribution in [3.05, 3.63) is 89.3 Å². The van der Waals surface area contributed by atoms with Crippen molar-refractivity contribution in [3.63, 3.8) is 0 Å². The molecule has 0 unspecified atom stereocenters. The Bertz CT molecular complexity index is 2040. The second-order valence-corrected chi connectivity index (χ2v) is 16.0. The molecule has 0 aliphatic heterocycles. The number of aromatic nitrogens is 1. The van der Waals surface area contributed by atoms with Gasteiger partial charge in [-0.25, -0.2) is 0 Å². The number of hydrogen-bond acceptors (Lipinski definition) is 5. The molecule has 0 saturated carbocycles. The van der Waals surface area contributed by atoms with Crippen LogP contribution in [0.15, 0.2) is 71.0 Å². The van der Waals surface area contributed by atoms with Crippen molar-refractivity contribution in [2.24, 2.45) is 11.8 Å². The third-order valence-electron chi connectivity index (χ3n) is 11.1. The summed E-state index contributed by atoms with van der Waals surface area (Å²) in [5.74, 6) is 0.547. The van der Waals surface area contributed by atoms with Crippen LogP contribution in [0.1, 0.15) is 124 Å². The van der Waals surface area contributed by atoms with Crippen LogP contribution in [0.5, 0.6) is 0 Å². The van der Waals surface area contributed by atoms with Gasteiger partial charge in [0.25, 0.3) is 0 Å². The minimum absolute atomic E-state index is 0. The van der Waals surface area contributed by atoms with Gasteiger partial charge >= 0.3 is 0 Å². The average molecular weight is 867 g/mol. The van der Waals surface area contributed by atoms with Crippen LogP contribution in [-0.4, -0.2) is 21.0 Å². The first-order valence-electron chi connectivity index (χ1n) is 18.5. The van der Waals surface area contributed by atoms with Crippen molar-refractivity contribution >= 4 is 38.5 Å². The van der Waals surface area contributed by atoms with E-state index in [1.54, 1.807) is 0 Å². The molecule has 0 saturated heterocycles. The number of carbonyl (C=O) groups excluding carboxylic acids is 1. The van der Waals surface area contributed by atoms with Gasteiger partial charge in [0.1, 0.15) is 11.2 Å². The number of aliphatic hydroxyl groups is 2. The van der Waals surface area contributed by atoms with Crippen molar-refractivity contribution in [1.29, 1.82) is 0 Å². The fourth-order valence-electron chi connectivity index (χ4n) is 7.60. The number of aliphatic hydroxyl groups excluding tert-OH is 1. The van der Waals surface area contributed by atoms with Gasteiger partial charge < -0.3 is 14.6 Å². The minimum atomic E-state index is -0.999. The van der Waals surface area contributed by atoms with Crippen LogP contribution in [0.3, 0.4) is 0 Å². The SMILES string of the molecule is CC(C)(O)c1cc(-c2nccc3c2oc2cc4c(cc23)C(C)(C)CCC4(C)C)[c-]c2ccccc12.CCC(CC)C(=O)/C=C(\O)C(CC)CC.[Ir]. The molecule has 51 heavy (non-hydrogen) atoms. The standard InChI is InChI=1S/C32H32NO2.C13H24O2.Ir/c1-30(2)12-13-31(3,4)26-18-27-23(17-25(26)30)22-11-14-33-28(29(22)35-27)20-15-19-9-7-8-10-21(19)24(16-20)32(5,6)34;1-5-10(6-2)12(14)9-13(15)11(7-3)8-4;/h7-11,14,16-18,34H,12-13H2,1-6H3;9-11,14H,5-8H2,1-4H3;/q-1;;/b;12-9-;. The molecule has 0 amide bonds. The van der Waals surface area contributed by atoms with Crippen LogP contribution in [0, 0.1) is 17.9 Å². The summed E-state index contributed by atoms with van der Waals surface area (Å²) in [4.78, 5) is 16.5. The Balaban J connectivity index is 0.000000312. The topological polar surface area (TPSA) is 83.6 Å². The Morgan fingerprint density at radius 3 is 2.06 bits per heavy atom. The molecule has 1 aliphatic rings. The van der Waals surface area contributed by atoms with Crippen LogP contribution in [-0.2, 0) is 41.3 Å². The van der Waals surface area contributed by atoms with Crippen molar-refractivity contribution < 1.29 is 39.5 Å². The average Bonchev–Trinajstić information content (AvgIpc) is 3.45. The zero-order chi connectivity index (χ0) is 36.6. The van der Waals surface area contributed by atoms with Gasteiger partial charge in [-0.05, 0) is 92.5 Å². The molecule has 5 nitrogen and oxygen atoms in total. The maximum Gasteiger partial charge on any atom is 0.162 e. The minimum Gasteiger partial charge on any atom is -0.512 e. The quantitative estimate of drug-likeness (QED) is 0.0876. The van der Waals surface area contributed by atoms with E-state index < -0.39 is 5.60 Å². The number of nitrogens with zero attached hydrogens (tertiary/aromatic N) is 1. The number of fused-ring (bicyclic) bond motifs is 5. The molecule has 3 aromatic carbocycles. The Morgan fingerprint density at radius 1 is 0.882 bits per heavy atom. The Labute approximate surface area is 318 Å². The molecule has 0 atom stereocenters. The van der Waals surface area contributed by atoms with Gasteiger partial charge in [0.05, 0.1) is 11.4 Å². The molecule has 6 rings (SSSR count). The maximum atomic E-state index is 11.7. The second kappa shape index (κ2) is 15.7. The second-order valence-electron chi connectivity index (χ2n) is 16.0. The molecule has 0 bridgehead atoms. The molecule has 2 aromatic heterocycles. The fourth-order valence-corrected chi connectivity index (χ4v) is 7.60. The van der Waals surface area contributed by atoms with E-state index in [4.69, 9.17) is 9.40 Å². The van der Waals surface area contributed by atoms with Crippen LogP contribution >= 0.6 is 0 Å². The summed E-state index contributed by atoms with van der Waals surface area (Å²) in [6, 6.07) is 20.3. The van der Waals surface area contributed by atoms with Crippen LogP contribution < -0.4 is 0 Å². The first kappa shape index (κ1) is 40.5. The van der Waals surface area contributed by atoms with Crippen molar-refractivity contribution in [2.45, 2.75) is 124 Å². The summed E-state index contributed by atoms with van der Waals surface area (Å²) in [6.07, 6.45) is 9.10. The van der Waals surface area contributed by atoms with E-state index in [1.807, 2.05) is 78.1 Å². The predicted octanol–water partition coefficient (Wildman–Crippen LogP) is 12.0. The Hall–Kier alpha value is -3.31. The van der Waals surface area contributed by atoms with Crippen molar-refractivity contribution in [1.82, 2.24) is 4.98 Å². The molecule has 6 heteroatoms. The third kappa shape index (κ3) is 8.19. The monoisotopic (exact) mass is 867 g/mol. The zero-order valence-corrected chi connectivity index (χ0v) is 34.6. The molecule has 0 fully saturated rings. The molecule has 0 spiro atoms. The van der Waals surface area contributed by atoms with Gasteiger partial charge in [-0.15, -0.1) is 23.6 Å². The van der Waals surface area contributed by atoms with E-state index in [2.05, 4.69) is 52.0 Å². The van der Waals surface area contributed by atoms with Crippen LogP contribution in [0.25, 0.3) is 44.0 Å². The number of furan rings is 1. The molecule has 2 N–H and O–H groups in total. The number of allylic oxidation sites excluding steroid dienone is 2. The molecule has 5 aromatic rings. The Morgan fingerprint density at radius 2 is 1.47 bits per heavy atom. The summed E-state index contributed by atoms with van der Waals surface area (Å²) in [5.41, 5.74) is 6.18. The zero-order valence-electron chi connectivity index (χ0n) is 32.2. The van der Waals surface area contributed by atoms with E-state index in [-0.39, 0.29) is 54.3 Å². The number of benzene rings is 3. The van der Waals surface area contributed by atoms with Gasteiger partial charge in [0.2, 0.25) is 0 Å². The third-order valence-corrected chi connectivity index (χ3v) is 11.1. The number of carbonyl (C=O) groups is 1. The molecule has 275 valence electrons. The fraction of sp³-hybridized carbons (Fsp3) is 0.467. The van der Waals surface area contributed by atoms with E-state index in [0.29, 0.717) is 0 Å². The van der Waals surface area contributed by atoms with Gasteiger partial charge in [0.15, 0.2) is 5.78 Å². The number of ketones is 1. The number of rotatable bonds is 9. The summed E-state index contributed by atoms with van der Waals surface area (Å²) in [5, 5.41) is 24.9. The van der Waals surface area contributed by atoms with Crippen LogP contribution in [0.2, 0.25) is 0 Å². The smallest absolute Gasteiger partial charge is 0.162 e. The van der Waals surface area contributed by atoms with Crippen LogP contribution in [0.4, 0.5) is 0 Å². The van der Waals surface area contributed by atoms with Gasteiger partial charge in [0, 0.05) is 60.7 Å². The summed E-state index contributed by atoms with van der Waals surface area (Å²) in [6.45, 7) is 21.1. The van der Waals surface area contributed by atoms with E-state index >= 15 is 0 Å². The van der Waals surface area contributed by atoms with Crippen molar-refractivity contribution in [3.8, 4) is 11.3 Å². The number of hydrogen-bond donors (Lipinski definition) is 2. The normalized spacial score (nSPS) is 15.5. The largest absolute Gasteiger partial charge is 0.512 e. The summed E-state index contributed by atoms with van der Waals surface area (Å²) < 4.78 is 6.56. The molecule has 1 aliphatic carbocycles. The van der Waals surface area contributed by atoms with E-state index in [0.717, 1.165) is 81.6 Å². The first-order chi connectivity index (χ1) is 23.6. The van der Waals surface area contributed by atoms with E-state index in [9.17, 15) is 15.0 Å². The molecule has 2 heterocycles. The van der Waals surface area contributed by atoms with E-state index in [1.165, 1.54) is 23.6 Å². The first-order valence-corrected chi connectivity index (χ1v) is 18.5. The van der Waals surface area contributed by atoms with Gasteiger partial charge in [-0.1, -0.05) is 90.1 Å². The maximum absolute atomic E-state index is 11.7. The molecule has 1 radical (unpaired) electrons. The predicted molar refractivity (Wildman–Crippen MR) is 208 cm³/mol. The summed E-state index contributed by atoms with van der Waals surface area (Å²) >= 11 is 0.